The van der Waals surface area contributed by atoms with Crippen molar-refractivity contribution in [2.24, 2.45) is 0 Å². The van der Waals surface area contributed by atoms with Gasteiger partial charge in [0.05, 0.1) is 6.61 Å². The predicted molar refractivity (Wildman–Crippen MR) is 85.6 cm³/mol. The highest BCUT2D eigenvalue weighted by Crippen LogP contribution is 2.26. The SMILES string of the molecule is O=C(O)C1CCCN1C(=O)CCCOc1ccc2c(c1)CCC2. The number of aryl methyl sites for hydroxylation is 2. The number of benzene rings is 1. The number of aliphatic carboxylic acids is 1. The Morgan fingerprint density at radius 3 is 2.87 bits per heavy atom. The number of hydrogen-bond donors (Lipinski definition) is 1. The van der Waals surface area contributed by atoms with Crippen LogP contribution in [0, 0.1) is 0 Å². The second-order valence-electron chi connectivity index (χ2n) is 6.32. The number of carboxylic acid groups (broad SMARTS) is 1. The summed E-state index contributed by atoms with van der Waals surface area (Å²) in [7, 11) is 0. The molecule has 2 aliphatic rings. The zero-order valence-electron chi connectivity index (χ0n) is 13.3. The molecule has 0 spiro atoms. The molecular formula is C18H23NO4. The van der Waals surface area contributed by atoms with Crippen molar-refractivity contribution < 1.29 is 19.4 Å². The molecule has 1 aliphatic carbocycles. The lowest BCUT2D eigenvalue weighted by Gasteiger charge is -2.21. The van der Waals surface area contributed by atoms with Crippen molar-refractivity contribution in [1.29, 1.82) is 0 Å². The number of carboxylic acids is 1. The van der Waals surface area contributed by atoms with E-state index in [-0.39, 0.29) is 5.91 Å². The normalized spacial score (nSPS) is 19.7. The van der Waals surface area contributed by atoms with Gasteiger partial charge in [-0.3, -0.25) is 4.79 Å². The molecule has 1 unspecified atom stereocenters. The number of carbonyl (C=O) groups excluding carboxylic acids is 1. The summed E-state index contributed by atoms with van der Waals surface area (Å²) in [6.45, 7) is 1.04. The summed E-state index contributed by atoms with van der Waals surface area (Å²) in [6, 6.07) is 5.59. The Bertz CT molecular complexity index is 599. The number of hydrogen-bond acceptors (Lipinski definition) is 3. The first-order chi connectivity index (χ1) is 11.1. The van der Waals surface area contributed by atoms with Crippen molar-refractivity contribution in [1.82, 2.24) is 4.90 Å². The van der Waals surface area contributed by atoms with Gasteiger partial charge in [-0.25, -0.2) is 4.79 Å². The molecule has 1 aliphatic heterocycles. The van der Waals surface area contributed by atoms with Crippen LogP contribution in [0.3, 0.4) is 0 Å². The molecule has 0 radical (unpaired) electrons. The summed E-state index contributed by atoms with van der Waals surface area (Å²) >= 11 is 0. The fourth-order valence-electron chi connectivity index (χ4n) is 3.52. The third-order valence-electron chi connectivity index (χ3n) is 4.73. The molecule has 5 nitrogen and oxygen atoms in total. The van der Waals surface area contributed by atoms with Crippen LogP contribution in [0.15, 0.2) is 18.2 Å². The number of likely N-dealkylation sites (tertiary alicyclic amines) is 1. The van der Waals surface area contributed by atoms with E-state index < -0.39 is 12.0 Å². The van der Waals surface area contributed by atoms with Crippen molar-refractivity contribution in [3.05, 3.63) is 29.3 Å². The molecule has 1 amide bonds. The molecule has 1 heterocycles. The first-order valence-corrected chi connectivity index (χ1v) is 8.42. The molecule has 124 valence electrons. The van der Waals surface area contributed by atoms with Crippen molar-refractivity contribution in [2.45, 2.75) is 51.0 Å². The Labute approximate surface area is 136 Å². The maximum Gasteiger partial charge on any atom is 0.326 e. The Morgan fingerprint density at radius 2 is 2.04 bits per heavy atom. The molecule has 3 rings (SSSR count). The monoisotopic (exact) mass is 317 g/mol. The van der Waals surface area contributed by atoms with E-state index in [0.29, 0.717) is 32.4 Å². The predicted octanol–water partition coefficient (Wildman–Crippen LogP) is 2.41. The second kappa shape index (κ2) is 7.02. The largest absolute Gasteiger partial charge is 0.494 e. The Balaban J connectivity index is 1.43. The lowest BCUT2D eigenvalue weighted by Crippen LogP contribution is -2.40. The van der Waals surface area contributed by atoms with Crippen molar-refractivity contribution in [3.8, 4) is 5.75 Å². The minimum absolute atomic E-state index is 0.0764. The summed E-state index contributed by atoms with van der Waals surface area (Å²) in [5.74, 6) is -0.111. The van der Waals surface area contributed by atoms with Gasteiger partial charge in [0.25, 0.3) is 0 Å². The molecule has 5 heteroatoms. The maximum absolute atomic E-state index is 12.1. The molecular weight excluding hydrogens is 294 g/mol. The average Bonchev–Trinajstić information content (AvgIpc) is 3.19. The van der Waals surface area contributed by atoms with E-state index in [2.05, 4.69) is 12.1 Å². The van der Waals surface area contributed by atoms with Crippen LogP contribution in [0.1, 0.15) is 43.2 Å². The molecule has 0 saturated carbocycles. The van der Waals surface area contributed by atoms with Gasteiger partial charge in [0.15, 0.2) is 0 Å². The van der Waals surface area contributed by atoms with E-state index in [1.807, 2.05) is 6.07 Å². The molecule has 23 heavy (non-hydrogen) atoms. The highest BCUT2D eigenvalue weighted by atomic mass is 16.5. The molecule has 1 aromatic carbocycles. The number of ether oxygens (including phenoxy) is 1. The van der Waals surface area contributed by atoms with Gasteiger partial charge >= 0.3 is 5.97 Å². The third-order valence-corrected chi connectivity index (χ3v) is 4.73. The van der Waals surface area contributed by atoms with Gasteiger partial charge in [-0.2, -0.15) is 0 Å². The van der Waals surface area contributed by atoms with Crippen molar-refractivity contribution in [3.63, 3.8) is 0 Å². The zero-order chi connectivity index (χ0) is 16.2. The van der Waals surface area contributed by atoms with Crippen LogP contribution in [-0.2, 0) is 22.4 Å². The first kappa shape index (κ1) is 15.8. The maximum atomic E-state index is 12.1. The van der Waals surface area contributed by atoms with Crippen molar-refractivity contribution in [2.75, 3.05) is 13.2 Å². The van der Waals surface area contributed by atoms with Gasteiger partial charge < -0.3 is 14.7 Å². The number of nitrogens with zero attached hydrogens (tertiary/aromatic N) is 1. The zero-order valence-corrected chi connectivity index (χ0v) is 13.3. The highest BCUT2D eigenvalue weighted by molar-refractivity contribution is 5.84. The number of amides is 1. The van der Waals surface area contributed by atoms with Gasteiger partial charge in [-0.15, -0.1) is 0 Å². The summed E-state index contributed by atoms with van der Waals surface area (Å²) in [4.78, 5) is 24.7. The summed E-state index contributed by atoms with van der Waals surface area (Å²) < 4.78 is 5.73. The van der Waals surface area contributed by atoms with E-state index in [0.717, 1.165) is 25.0 Å². The van der Waals surface area contributed by atoms with Gasteiger partial charge in [-0.05, 0) is 61.8 Å². The van der Waals surface area contributed by atoms with Crippen molar-refractivity contribution >= 4 is 11.9 Å². The molecule has 1 fully saturated rings. The minimum atomic E-state index is -0.898. The third kappa shape index (κ3) is 3.66. The fourth-order valence-corrected chi connectivity index (χ4v) is 3.52. The average molecular weight is 317 g/mol. The van der Waals surface area contributed by atoms with Gasteiger partial charge in [-0.1, -0.05) is 6.07 Å². The van der Waals surface area contributed by atoms with Gasteiger partial charge in [0.1, 0.15) is 11.8 Å². The quantitative estimate of drug-likeness (QED) is 0.818. The number of carbonyl (C=O) groups is 2. The molecule has 1 saturated heterocycles. The smallest absolute Gasteiger partial charge is 0.326 e. The van der Waals surface area contributed by atoms with Gasteiger partial charge in [0.2, 0.25) is 5.91 Å². The summed E-state index contributed by atoms with van der Waals surface area (Å²) in [5, 5.41) is 9.11. The van der Waals surface area contributed by atoms with Crippen LogP contribution in [0.4, 0.5) is 0 Å². The summed E-state index contributed by atoms with van der Waals surface area (Å²) in [5.41, 5.74) is 2.79. The number of fused-ring (bicyclic) bond motifs is 1. The van der Waals surface area contributed by atoms with E-state index in [1.54, 1.807) is 0 Å². The van der Waals surface area contributed by atoms with E-state index in [9.17, 15) is 9.59 Å². The van der Waals surface area contributed by atoms with Crippen LogP contribution in [0.5, 0.6) is 5.75 Å². The second-order valence-corrected chi connectivity index (χ2v) is 6.32. The van der Waals surface area contributed by atoms with E-state index in [1.165, 1.54) is 22.4 Å². The number of rotatable bonds is 6. The molecule has 0 aromatic heterocycles. The van der Waals surface area contributed by atoms with Crippen LogP contribution >= 0.6 is 0 Å². The minimum Gasteiger partial charge on any atom is -0.494 e. The van der Waals surface area contributed by atoms with Gasteiger partial charge in [0, 0.05) is 13.0 Å². The fraction of sp³-hybridized carbons (Fsp3) is 0.556. The Morgan fingerprint density at radius 1 is 1.22 bits per heavy atom. The van der Waals surface area contributed by atoms with Crippen LogP contribution in [-0.4, -0.2) is 41.1 Å². The Hall–Kier alpha value is -2.04. The standard InChI is InChI=1S/C18H23NO4/c20-17(19-10-2-6-16(19)18(21)22)7-3-11-23-15-9-8-13-4-1-5-14(13)12-15/h8-9,12,16H,1-7,10-11H2,(H,21,22). The molecule has 0 bridgehead atoms. The van der Waals surface area contributed by atoms with Crippen LogP contribution < -0.4 is 4.74 Å². The Kier molecular flexibility index (Phi) is 4.84. The molecule has 1 atom stereocenters. The van der Waals surface area contributed by atoms with E-state index in [4.69, 9.17) is 9.84 Å². The summed E-state index contributed by atoms with van der Waals surface area (Å²) in [6.07, 6.45) is 5.78. The first-order valence-electron chi connectivity index (χ1n) is 8.42. The molecule has 1 N–H and O–H groups in total. The van der Waals surface area contributed by atoms with E-state index >= 15 is 0 Å². The molecule has 1 aromatic rings. The lowest BCUT2D eigenvalue weighted by atomic mass is 10.1. The highest BCUT2D eigenvalue weighted by Gasteiger charge is 2.33. The lowest BCUT2D eigenvalue weighted by molar-refractivity contribution is -0.148. The van der Waals surface area contributed by atoms with Crippen LogP contribution in [0.25, 0.3) is 0 Å². The topological polar surface area (TPSA) is 66.8 Å². The van der Waals surface area contributed by atoms with Crippen LogP contribution in [0.2, 0.25) is 0 Å².